The molecule has 5 nitrogen and oxygen atoms in total. The highest BCUT2D eigenvalue weighted by molar-refractivity contribution is 6.17. The van der Waals surface area contributed by atoms with Gasteiger partial charge in [0.05, 0.1) is 5.71 Å². The van der Waals surface area contributed by atoms with Gasteiger partial charge >= 0.3 is 0 Å². The van der Waals surface area contributed by atoms with Crippen molar-refractivity contribution in [2.24, 2.45) is 5.16 Å². The first-order chi connectivity index (χ1) is 16.2. The van der Waals surface area contributed by atoms with Crippen molar-refractivity contribution in [1.82, 2.24) is 5.32 Å². The van der Waals surface area contributed by atoms with Gasteiger partial charge in [0.2, 0.25) is 5.91 Å². The molecule has 1 aliphatic rings. The van der Waals surface area contributed by atoms with Crippen molar-refractivity contribution >= 4 is 28.2 Å². The Hall–Kier alpha value is -3.47. The average molecular weight is 457 g/mol. The molecule has 0 aliphatic carbocycles. The number of amides is 1. The molecule has 0 bridgehead atoms. The zero-order valence-corrected chi connectivity index (χ0v) is 20.6. The van der Waals surface area contributed by atoms with Gasteiger partial charge in [-0.25, -0.2) is 0 Å². The van der Waals surface area contributed by atoms with E-state index in [0.29, 0.717) is 18.5 Å². The standard InChI is InChI=1S/C29H32N2O3/c1-6-30-28(33)14-13-27(32)25-12-11-24(22-9-7-8-10-23(22)25)26-17-29(5,34-31-26)21-15-18(2)20(4)19(3)16-21/h7-12,15-16H,6,13-14,17H2,1-5H3,(H,30,33)/t29-/m0/s1. The smallest absolute Gasteiger partial charge is 0.220 e. The highest BCUT2D eigenvalue weighted by Gasteiger charge is 2.37. The van der Waals surface area contributed by atoms with E-state index < -0.39 is 5.60 Å². The molecule has 5 heteroatoms. The van der Waals surface area contributed by atoms with Gasteiger partial charge in [0.25, 0.3) is 0 Å². The lowest BCUT2D eigenvalue weighted by atomic mass is 9.85. The lowest BCUT2D eigenvalue weighted by Crippen LogP contribution is -2.23. The van der Waals surface area contributed by atoms with Crippen LogP contribution in [-0.4, -0.2) is 23.9 Å². The Morgan fingerprint density at radius 2 is 1.68 bits per heavy atom. The molecule has 1 amide bonds. The number of carbonyl (C=O) groups is 2. The third kappa shape index (κ3) is 4.47. The summed E-state index contributed by atoms with van der Waals surface area (Å²) in [5, 5.41) is 9.09. The Balaban J connectivity index is 1.63. The number of ketones is 1. The maximum atomic E-state index is 12.9. The fourth-order valence-corrected chi connectivity index (χ4v) is 4.62. The summed E-state index contributed by atoms with van der Waals surface area (Å²) in [6.45, 7) is 10.9. The second-order valence-electron chi connectivity index (χ2n) is 9.35. The first kappa shape index (κ1) is 23.7. The Morgan fingerprint density at radius 3 is 2.35 bits per heavy atom. The summed E-state index contributed by atoms with van der Waals surface area (Å²) in [7, 11) is 0. The van der Waals surface area contributed by atoms with Crippen molar-refractivity contribution in [3.8, 4) is 0 Å². The Bertz CT molecular complexity index is 1280. The molecular weight excluding hydrogens is 424 g/mol. The maximum Gasteiger partial charge on any atom is 0.220 e. The van der Waals surface area contributed by atoms with Gasteiger partial charge in [-0.1, -0.05) is 53.7 Å². The molecule has 3 aromatic rings. The number of nitrogens with zero attached hydrogens (tertiary/aromatic N) is 1. The van der Waals surface area contributed by atoms with Crippen LogP contribution < -0.4 is 5.32 Å². The number of hydrogen-bond acceptors (Lipinski definition) is 4. The zero-order chi connectivity index (χ0) is 24.5. The molecule has 0 aromatic heterocycles. The molecule has 0 spiro atoms. The van der Waals surface area contributed by atoms with Crippen LogP contribution in [0.3, 0.4) is 0 Å². The van der Waals surface area contributed by atoms with Crippen molar-refractivity contribution in [3.05, 3.63) is 81.9 Å². The number of Topliss-reactive ketones (excluding diaryl/α,β-unsaturated/α-hetero) is 1. The second kappa shape index (κ2) is 9.41. The number of rotatable bonds is 7. The summed E-state index contributed by atoms with van der Waals surface area (Å²) in [6, 6.07) is 16.1. The lowest BCUT2D eigenvalue weighted by Gasteiger charge is -2.24. The predicted molar refractivity (Wildman–Crippen MR) is 136 cm³/mol. The number of carbonyl (C=O) groups excluding carboxylic acids is 2. The largest absolute Gasteiger partial charge is 0.384 e. The van der Waals surface area contributed by atoms with Crippen LogP contribution in [0.1, 0.15) is 71.3 Å². The van der Waals surface area contributed by atoms with E-state index in [4.69, 9.17) is 4.84 Å². The lowest BCUT2D eigenvalue weighted by molar-refractivity contribution is -0.120. The molecule has 0 radical (unpaired) electrons. The molecular formula is C29H32N2O3. The van der Waals surface area contributed by atoms with Gasteiger partial charge in [0.15, 0.2) is 11.4 Å². The van der Waals surface area contributed by atoms with Crippen molar-refractivity contribution in [2.75, 3.05) is 6.54 Å². The number of hydrogen-bond donors (Lipinski definition) is 1. The number of oxime groups is 1. The molecule has 0 saturated carbocycles. The summed E-state index contributed by atoms with van der Waals surface area (Å²) < 4.78 is 0. The molecule has 1 aliphatic heterocycles. The third-order valence-electron chi connectivity index (χ3n) is 6.89. The molecule has 34 heavy (non-hydrogen) atoms. The van der Waals surface area contributed by atoms with Gasteiger partial charge in [-0.15, -0.1) is 0 Å². The number of benzene rings is 3. The summed E-state index contributed by atoms with van der Waals surface area (Å²) in [5.74, 6) is -0.135. The minimum Gasteiger partial charge on any atom is -0.384 e. The maximum absolute atomic E-state index is 12.9. The van der Waals surface area contributed by atoms with Crippen LogP contribution >= 0.6 is 0 Å². The van der Waals surface area contributed by atoms with Crippen LogP contribution in [0.5, 0.6) is 0 Å². The van der Waals surface area contributed by atoms with Crippen LogP contribution in [0.4, 0.5) is 0 Å². The van der Waals surface area contributed by atoms with E-state index in [1.54, 1.807) is 0 Å². The van der Waals surface area contributed by atoms with E-state index in [2.05, 4.69) is 50.3 Å². The second-order valence-corrected chi connectivity index (χ2v) is 9.35. The van der Waals surface area contributed by atoms with Gasteiger partial charge in [-0.2, -0.15) is 0 Å². The highest BCUT2D eigenvalue weighted by atomic mass is 16.7. The summed E-state index contributed by atoms with van der Waals surface area (Å²) in [6.07, 6.45) is 1.02. The van der Waals surface area contributed by atoms with E-state index in [1.165, 1.54) is 16.7 Å². The van der Waals surface area contributed by atoms with E-state index >= 15 is 0 Å². The minimum atomic E-state index is -0.541. The molecule has 0 unspecified atom stereocenters. The highest BCUT2D eigenvalue weighted by Crippen LogP contribution is 2.39. The van der Waals surface area contributed by atoms with E-state index in [0.717, 1.165) is 27.6 Å². The molecule has 1 heterocycles. The van der Waals surface area contributed by atoms with Crippen LogP contribution in [0.2, 0.25) is 0 Å². The Kier molecular flexibility index (Phi) is 6.56. The Morgan fingerprint density at radius 1 is 1.00 bits per heavy atom. The van der Waals surface area contributed by atoms with E-state index in [-0.39, 0.29) is 24.5 Å². The number of nitrogens with one attached hydrogen (secondary N) is 1. The Labute approximate surface area is 201 Å². The van der Waals surface area contributed by atoms with Gasteiger partial charge < -0.3 is 10.2 Å². The van der Waals surface area contributed by atoms with Crippen molar-refractivity contribution in [2.45, 2.75) is 59.5 Å². The third-order valence-corrected chi connectivity index (χ3v) is 6.89. The van der Waals surface area contributed by atoms with E-state index in [9.17, 15) is 9.59 Å². The van der Waals surface area contributed by atoms with Crippen LogP contribution in [0.25, 0.3) is 10.8 Å². The van der Waals surface area contributed by atoms with Gasteiger partial charge in [-0.3, -0.25) is 9.59 Å². The van der Waals surface area contributed by atoms with Gasteiger partial charge in [-0.05, 0) is 67.6 Å². The van der Waals surface area contributed by atoms with Crippen LogP contribution in [-0.2, 0) is 15.2 Å². The molecule has 1 atom stereocenters. The molecule has 3 aromatic carbocycles. The van der Waals surface area contributed by atoms with Crippen molar-refractivity contribution < 1.29 is 14.4 Å². The predicted octanol–water partition coefficient (Wildman–Crippen LogP) is 5.90. The molecule has 0 saturated heterocycles. The molecule has 1 N–H and O–H groups in total. The number of aryl methyl sites for hydroxylation is 2. The van der Waals surface area contributed by atoms with E-state index in [1.807, 2.05) is 43.3 Å². The number of fused-ring (bicyclic) bond motifs is 1. The fourth-order valence-electron chi connectivity index (χ4n) is 4.62. The summed E-state index contributed by atoms with van der Waals surface area (Å²) in [5.41, 5.74) is 6.84. The fraction of sp³-hybridized carbons (Fsp3) is 0.345. The van der Waals surface area contributed by atoms with Crippen LogP contribution in [0.15, 0.2) is 53.7 Å². The normalized spacial score (nSPS) is 17.4. The first-order valence-electron chi connectivity index (χ1n) is 11.9. The zero-order valence-electron chi connectivity index (χ0n) is 20.6. The van der Waals surface area contributed by atoms with Gasteiger partial charge in [0.1, 0.15) is 0 Å². The topological polar surface area (TPSA) is 67.8 Å². The monoisotopic (exact) mass is 456 g/mol. The average Bonchev–Trinajstić information content (AvgIpc) is 3.23. The van der Waals surface area contributed by atoms with Crippen molar-refractivity contribution in [1.29, 1.82) is 0 Å². The SMILES string of the molecule is CCNC(=O)CCC(=O)c1ccc(C2=NO[C@](C)(c3cc(C)c(C)c(C)c3)C2)c2ccccc12. The molecule has 4 rings (SSSR count). The quantitative estimate of drug-likeness (QED) is 0.450. The molecule has 176 valence electrons. The first-order valence-corrected chi connectivity index (χ1v) is 11.9. The minimum absolute atomic E-state index is 0.0333. The van der Waals surface area contributed by atoms with Gasteiger partial charge in [0, 0.05) is 36.9 Å². The summed E-state index contributed by atoms with van der Waals surface area (Å²) >= 11 is 0. The summed E-state index contributed by atoms with van der Waals surface area (Å²) in [4.78, 5) is 30.8. The molecule has 0 fully saturated rings. The van der Waals surface area contributed by atoms with Crippen LogP contribution in [0, 0.1) is 20.8 Å². The van der Waals surface area contributed by atoms with Crippen molar-refractivity contribution in [3.63, 3.8) is 0 Å².